The van der Waals surface area contributed by atoms with Gasteiger partial charge in [0.2, 0.25) is 11.8 Å². The van der Waals surface area contributed by atoms with E-state index in [0.717, 1.165) is 18.0 Å². The molecule has 0 aliphatic heterocycles. The molecule has 1 aliphatic carbocycles. The first-order valence-corrected chi connectivity index (χ1v) is 7.66. The Morgan fingerprint density at radius 1 is 1.45 bits per heavy atom. The van der Waals surface area contributed by atoms with Gasteiger partial charge in [-0.3, -0.25) is 4.79 Å². The molecular formula is C13H16N4O2S. The van der Waals surface area contributed by atoms with E-state index in [0.29, 0.717) is 23.6 Å². The van der Waals surface area contributed by atoms with Crippen LogP contribution in [0.5, 0.6) is 0 Å². The van der Waals surface area contributed by atoms with Crippen LogP contribution in [0.2, 0.25) is 0 Å². The van der Waals surface area contributed by atoms with E-state index in [1.807, 2.05) is 20.0 Å². The van der Waals surface area contributed by atoms with E-state index >= 15 is 0 Å². The van der Waals surface area contributed by atoms with E-state index in [1.54, 1.807) is 0 Å². The van der Waals surface area contributed by atoms with Gasteiger partial charge in [-0.05, 0) is 12.8 Å². The smallest absolute Gasteiger partial charge is 0.273 e. The molecule has 1 aliphatic rings. The predicted octanol–water partition coefficient (Wildman–Crippen LogP) is 2.38. The molecule has 2 aromatic heterocycles. The summed E-state index contributed by atoms with van der Waals surface area (Å²) in [7, 11) is 0. The topological polar surface area (TPSA) is 73.8 Å². The molecule has 3 rings (SSSR count). The van der Waals surface area contributed by atoms with Gasteiger partial charge in [-0.25, -0.2) is 0 Å². The SMILES string of the molecule is CC(C)c1nnc(CSc2nc(=O)ccn2C2CC2)o1. The van der Waals surface area contributed by atoms with E-state index in [4.69, 9.17) is 4.42 Å². The molecule has 0 spiro atoms. The van der Waals surface area contributed by atoms with Crippen molar-refractivity contribution in [1.82, 2.24) is 19.7 Å². The van der Waals surface area contributed by atoms with Gasteiger partial charge in [-0.1, -0.05) is 25.6 Å². The molecule has 0 atom stereocenters. The Labute approximate surface area is 120 Å². The largest absolute Gasteiger partial charge is 0.424 e. The van der Waals surface area contributed by atoms with Crippen LogP contribution in [0.25, 0.3) is 0 Å². The van der Waals surface area contributed by atoms with Gasteiger partial charge in [0.05, 0.1) is 5.75 Å². The second kappa shape index (κ2) is 5.40. The Bertz CT molecular complexity index is 660. The molecule has 1 saturated carbocycles. The van der Waals surface area contributed by atoms with Crippen molar-refractivity contribution < 1.29 is 4.42 Å². The Kier molecular flexibility index (Phi) is 3.60. The highest BCUT2D eigenvalue weighted by Crippen LogP contribution is 2.37. The van der Waals surface area contributed by atoms with Crippen LogP contribution in [-0.4, -0.2) is 19.7 Å². The molecule has 2 aromatic rings. The molecule has 106 valence electrons. The molecule has 0 N–H and O–H groups in total. The molecule has 7 heteroatoms. The van der Waals surface area contributed by atoms with Crippen LogP contribution in [0.15, 0.2) is 26.6 Å². The molecule has 20 heavy (non-hydrogen) atoms. The highest BCUT2D eigenvalue weighted by molar-refractivity contribution is 7.98. The molecule has 0 amide bonds. The summed E-state index contributed by atoms with van der Waals surface area (Å²) < 4.78 is 7.62. The number of rotatable bonds is 5. The molecule has 2 heterocycles. The van der Waals surface area contributed by atoms with Crippen molar-refractivity contribution in [1.29, 1.82) is 0 Å². The van der Waals surface area contributed by atoms with Crippen LogP contribution in [0.3, 0.4) is 0 Å². The maximum absolute atomic E-state index is 11.4. The van der Waals surface area contributed by atoms with Gasteiger partial charge < -0.3 is 8.98 Å². The van der Waals surface area contributed by atoms with Crippen LogP contribution in [0, 0.1) is 0 Å². The van der Waals surface area contributed by atoms with Crippen molar-refractivity contribution in [2.24, 2.45) is 0 Å². The lowest BCUT2D eigenvalue weighted by molar-refractivity contribution is 0.445. The Morgan fingerprint density at radius 2 is 2.25 bits per heavy atom. The lowest BCUT2D eigenvalue weighted by Gasteiger charge is -2.08. The van der Waals surface area contributed by atoms with Crippen molar-refractivity contribution in [2.45, 2.75) is 49.6 Å². The minimum Gasteiger partial charge on any atom is -0.424 e. The number of nitrogens with zero attached hydrogens (tertiary/aromatic N) is 4. The molecule has 0 unspecified atom stereocenters. The van der Waals surface area contributed by atoms with Crippen molar-refractivity contribution in [3.05, 3.63) is 34.4 Å². The van der Waals surface area contributed by atoms with E-state index in [9.17, 15) is 4.79 Å². The quantitative estimate of drug-likeness (QED) is 0.622. The summed E-state index contributed by atoms with van der Waals surface area (Å²) in [4.78, 5) is 15.5. The predicted molar refractivity (Wildman–Crippen MR) is 74.7 cm³/mol. The average molecular weight is 292 g/mol. The van der Waals surface area contributed by atoms with E-state index in [2.05, 4.69) is 19.7 Å². The fourth-order valence-corrected chi connectivity index (χ4v) is 2.70. The molecule has 0 aromatic carbocycles. The summed E-state index contributed by atoms with van der Waals surface area (Å²) in [6.07, 6.45) is 4.12. The molecule has 1 fully saturated rings. The maximum atomic E-state index is 11.4. The molecule has 6 nitrogen and oxygen atoms in total. The van der Waals surface area contributed by atoms with Crippen molar-refractivity contribution in [3.63, 3.8) is 0 Å². The van der Waals surface area contributed by atoms with Gasteiger partial charge in [0.1, 0.15) is 0 Å². The third-order valence-electron chi connectivity index (χ3n) is 3.05. The normalized spacial score (nSPS) is 14.9. The van der Waals surface area contributed by atoms with E-state index < -0.39 is 0 Å². The lowest BCUT2D eigenvalue weighted by atomic mass is 10.2. The van der Waals surface area contributed by atoms with Crippen LogP contribution in [-0.2, 0) is 5.75 Å². The third kappa shape index (κ3) is 2.92. The van der Waals surface area contributed by atoms with Gasteiger partial charge in [0.25, 0.3) is 5.56 Å². The average Bonchev–Trinajstić information content (AvgIpc) is 3.14. The molecule has 0 radical (unpaired) electrons. The first kappa shape index (κ1) is 13.4. The Balaban J connectivity index is 1.74. The molecule has 0 bridgehead atoms. The monoisotopic (exact) mass is 292 g/mol. The van der Waals surface area contributed by atoms with Crippen molar-refractivity contribution in [3.8, 4) is 0 Å². The van der Waals surface area contributed by atoms with Crippen molar-refractivity contribution >= 4 is 11.8 Å². The van der Waals surface area contributed by atoms with Crippen LogP contribution >= 0.6 is 11.8 Å². The zero-order valence-electron chi connectivity index (χ0n) is 11.4. The van der Waals surface area contributed by atoms with Gasteiger partial charge in [0, 0.05) is 24.2 Å². The minimum absolute atomic E-state index is 0.210. The summed E-state index contributed by atoms with van der Waals surface area (Å²) in [5, 5.41) is 8.74. The fourth-order valence-electron chi connectivity index (χ4n) is 1.82. The Morgan fingerprint density at radius 3 is 2.90 bits per heavy atom. The van der Waals surface area contributed by atoms with Gasteiger partial charge >= 0.3 is 0 Å². The molecular weight excluding hydrogens is 276 g/mol. The van der Waals surface area contributed by atoms with E-state index in [-0.39, 0.29) is 11.5 Å². The zero-order valence-corrected chi connectivity index (χ0v) is 12.3. The highest BCUT2D eigenvalue weighted by Gasteiger charge is 2.25. The van der Waals surface area contributed by atoms with Crippen LogP contribution < -0.4 is 5.56 Å². The second-order valence-corrected chi connectivity index (χ2v) is 6.11. The van der Waals surface area contributed by atoms with Gasteiger partial charge in [-0.15, -0.1) is 10.2 Å². The van der Waals surface area contributed by atoms with E-state index in [1.165, 1.54) is 17.8 Å². The molecule has 0 saturated heterocycles. The zero-order chi connectivity index (χ0) is 14.1. The first-order chi connectivity index (χ1) is 9.63. The Hall–Kier alpha value is -1.63. The number of aromatic nitrogens is 4. The number of thioether (sulfide) groups is 1. The van der Waals surface area contributed by atoms with Crippen molar-refractivity contribution in [2.75, 3.05) is 0 Å². The van der Waals surface area contributed by atoms with Gasteiger partial charge in [0.15, 0.2) is 5.16 Å². The summed E-state index contributed by atoms with van der Waals surface area (Å²) in [6, 6.07) is 1.99. The summed E-state index contributed by atoms with van der Waals surface area (Å²) in [6.45, 7) is 4.02. The first-order valence-electron chi connectivity index (χ1n) is 6.68. The maximum Gasteiger partial charge on any atom is 0.273 e. The van der Waals surface area contributed by atoms with Gasteiger partial charge in [-0.2, -0.15) is 4.98 Å². The third-order valence-corrected chi connectivity index (χ3v) is 4.00. The fraction of sp³-hybridized carbons (Fsp3) is 0.538. The highest BCUT2D eigenvalue weighted by atomic mass is 32.2. The lowest BCUT2D eigenvalue weighted by Crippen LogP contribution is -2.12. The summed E-state index contributed by atoms with van der Waals surface area (Å²) in [5.74, 6) is 1.96. The summed E-state index contributed by atoms with van der Waals surface area (Å²) >= 11 is 1.46. The summed E-state index contributed by atoms with van der Waals surface area (Å²) in [5.41, 5.74) is -0.210. The minimum atomic E-state index is -0.210. The second-order valence-electron chi connectivity index (χ2n) is 5.16. The standard InChI is InChI=1S/C13H16N4O2S/c1-8(2)12-16-15-11(19-12)7-20-13-14-10(18)5-6-17(13)9-3-4-9/h5-6,8-9H,3-4,7H2,1-2H3. The number of hydrogen-bond acceptors (Lipinski definition) is 6. The van der Waals surface area contributed by atoms with Crippen LogP contribution in [0.4, 0.5) is 0 Å². The van der Waals surface area contributed by atoms with Crippen LogP contribution in [0.1, 0.15) is 50.4 Å². The number of hydrogen-bond donors (Lipinski definition) is 0.